The fourth-order valence-corrected chi connectivity index (χ4v) is 3.94. The van der Waals surface area contributed by atoms with Gasteiger partial charge < -0.3 is 15.0 Å². The molecule has 1 N–H and O–H groups in total. The third kappa shape index (κ3) is 5.43. The van der Waals surface area contributed by atoms with Gasteiger partial charge in [0.15, 0.2) is 0 Å². The molecule has 3 heterocycles. The van der Waals surface area contributed by atoms with Crippen LogP contribution >= 0.6 is 0 Å². The van der Waals surface area contributed by atoms with Crippen LogP contribution in [-0.2, 0) is 12.7 Å². The quantitative estimate of drug-likeness (QED) is 0.801. The summed E-state index contributed by atoms with van der Waals surface area (Å²) in [4.78, 5) is 8.44. The topological polar surface area (TPSA) is 40.6 Å². The summed E-state index contributed by atoms with van der Waals surface area (Å²) in [5.74, 6) is 1.45. The molecule has 2 aliphatic rings. The number of nitrogens with one attached hydrogen (secondary N) is 1. The lowest BCUT2D eigenvalue weighted by atomic mass is 10.1. The maximum atomic E-state index is 12.7. The Kier molecular flexibility index (Phi) is 6.43. The van der Waals surface area contributed by atoms with Crippen LogP contribution in [0.3, 0.4) is 0 Å². The molecule has 2 aromatic rings. The molecule has 4 rings (SSSR count). The molecule has 0 atom stereocenters. The molecule has 1 aromatic heterocycles. The fourth-order valence-electron chi connectivity index (χ4n) is 3.94. The predicted octanol–water partition coefficient (Wildman–Crippen LogP) is 3.55. The standard InChI is InChI=1S/C22H27F3N4O/c23-22(24,25)18-3-6-21(27-15-18)29-11-7-20(8-12-29)30-19-4-1-17(2-5-19)16-28-13-9-26-10-14-28/h1-6,15,20,26H,7-14,16H2. The number of piperazine rings is 1. The van der Waals surface area contributed by atoms with E-state index in [0.29, 0.717) is 18.9 Å². The highest BCUT2D eigenvalue weighted by Gasteiger charge is 2.31. The number of alkyl halides is 3. The molecular weight excluding hydrogens is 393 g/mol. The summed E-state index contributed by atoms with van der Waals surface area (Å²) in [5.41, 5.74) is 0.567. The highest BCUT2D eigenvalue weighted by Crippen LogP contribution is 2.30. The first kappa shape index (κ1) is 20.9. The average Bonchev–Trinajstić information content (AvgIpc) is 2.76. The second kappa shape index (κ2) is 9.22. The Morgan fingerprint density at radius 3 is 2.27 bits per heavy atom. The average molecular weight is 420 g/mol. The third-order valence-corrected chi connectivity index (χ3v) is 5.68. The molecule has 2 saturated heterocycles. The smallest absolute Gasteiger partial charge is 0.417 e. The van der Waals surface area contributed by atoms with Crippen LogP contribution in [-0.4, -0.2) is 55.3 Å². The number of benzene rings is 1. The second-order valence-electron chi connectivity index (χ2n) is 7.88. The van der Waals surface area contributed by atoms with Crippen LogP contribution in [0.15, 0.2) is 42.6 Å². The minimum Gasteiger partial charge on any atom is -0.490 e. The van der Waals surface area contributed by atoms with E-state index in [1.54, 1.807) is 0 Å². The summed E-state index contributed by atoms with van der Waals surface area (Å²) in [7, 11) is 0. The Morgan fingerprint density at radius 1 is 0.967 bits per heavy atom. The van der Waals surface area contributed by atoms with Gasteiger partial charge in [-0.15, -0.1) is 0 Å². The van der Waals surface area contributed by atoms with E-state index in [2.05, 4.69) is 27.3 Å². The molecule has 0 amide bonds. The van der Waals surface area contributed by atoms with E-state index >= 15 is 0 Å². The lowest BCUT2D eigenvalue weighted by Crippen LogP contribution is -2.42. The van der Waals surface area contributed by atoms with Crippen molar-refractivity contribution in [2.75, 3.05) is 44.2 Å². The molecule has 0 unspecified atom stereocenters. The molecule has 2 fully saturated rings. The zero-order valence-electron chi connectivity index (χ0n) is 16.9. The molecule has 0 radical (unpaired) electrons. The van der Waals surface area contributed by atoms with Crippen molar-refractivity contribution < 1.29 is 17.9 Å². The van der Waals surface area contributed by atoms with Crippen molar-refractivity contribution in [1.82, 2.24) is 15.2 Å². The number of pyridine rings is 1. The van der Waals surface area contributed by atoms with Crippen molar-refractivity contribution in [3.63, 3.8) is 0 Å². The van der Waals surface area contributed by atoms with Crippen molar-refractivity contribution in [1.29, 1.82) is 0 Å². The number of piperidine rings is 1. The lowest BCUT2D eigenvalue weighted by Gasteiger charge is -2.33. The zero-order chi connectivity index (χ0) is 21.0. The minimum absolute atomic E-state index is 0.106. The molecule has 8 heteroatoms. The molecular formula is C22H27F3N4O. The van der Waals surface area contributed by atoms with Gasteiger partial charge in [0.05, 0.1) is 5.56 Å². The van der Waals surface area contributed by atoms with Crippen LogP contribution in [0.25, 0.3) is 0 Å². The Bertz CT molecular complexity index is 797. The first-order valence-electron chi connectivity index (χ1n) is 10.4. The zero-order valence-corrected chi connectivity index (χ0v) is 16.9. The van der Waals surface area contributed by atoms with Crippen LogP contribution in [0.5, 0.6) is 5.75 Å². The van der Waals surface area contributed by atoms with Crippen molar-refractivity contribution in [2.24, 2.45) is 0 Å². The number of halogens is 3. The van der Waals surface area contributed by atoms with E-state index in [1.165, 1.54) is 11.6 Å². The van der Waals surface area contributed by atoms with Gasteiger partial charge in [-0.25, -0.2) is 4.98 Å². The predicted molar refractivity (Wildman–Crippen MR) is 110 cm³/mol. The van der Waals surface area contributed by atoms with Crippen molar-refractivity contribution in [3.8, 4) is 5.75 Å². The lowest BCUT2D eigenvalue weighted by molar-refractivity contribution is -0.137. The van der Waals surface area contributed by atoms with Gasteiger partial charge in [-0.05, 0) is 29.8 Å². The largest absolute Gasteiger partial charge is 0.490 e. The van der Waals surface area contributed by atoms with Crippen molar-refractivity contribution >= 4 is 5.82 Å². The molecule has 0 bridgehead atoms. The molecule has 1 aromatic carbocycles. The number of hydrogen-bond acceptors (Lipinski definition) is 5. The van der Waals surface area contributed by atoms with Crippen LogP contribution in [0.2, 0.25) is 0 Å². The maximum absolute atomic E-state index is 12.7. The fraction of sp³-hybridized carbons (Fsp3) is 0.500. The summed E-state index contributed by atoms with van der Waals surface area (Å²) in [6, 6.07) is 10.8. The summed E-state index contributed by atoms with van der Waals surface area (Å²) in [6.07, 6.45) is -1.72. The minimum atomic E-state index is -4.35. The van der Waals surface area contributed by atoms with E-state index in [-0.39, 0.29) is 6.10 Å². The first-order chi connectivity index (χ1) is 14.5. The molecule has 30 heavy (non-hydrogen) atoms. The van der Waals surface area contributed by atoms with Gasteiger partial charge in [0, 0.05) is 64.9 Å². The molecule has 0 spiro atoms. The number of nitrogens with zero attached hydrogens (tertiary/aromatic N) is 3. The Morgan fingerprint density at radius 2 is 1.67 bits per heavy atom. The Labute approximate surface area is 174 Å². The normalized spacial score (nSPS) is 19.1. The summed E-state index contributed by atoms with van der Waals surface area (Å²) in [6.45, 7) is 6.62. The van der Waals surface area contributed by atoms with E-state index in [4.69, 9.17) is 4.74 Å². The van der Waals surface area contributed by atoms with E-state index in [1.807, 2.05) is 17.0 Å². The SMILES string of the molecule is FC(F)(F)c1ccc(N2CCC(Oc3ccc(CN4CCNCC4)cc3)CC2)nc1. The van der Waals surface area contributed by atoms with Gasteiger partial charge in [-0.2, -0.15) is 13.2 Å². The number of rotatable bonds is 5. The van der Waals surface area contributed by atoms with Crippen LogP contribution in [0.1, 0.15) is 24.0 Å². The van der Waals surface area contributed by atoms with Gasteiger partial charge in [0.2, 0.25) is 0 Å². The number of hydrogen-bond donors (Lipinski definition) is 1. The highest BCUT2D eigenvalue weighted by atomic mass is 19.4. The Balaban J connectivity index is 1.25. The molecule has 0 saturated carbocycles. The summed E-state index contributed by atoms with van der Waals surface area (Å²) < 4.78 is 44.2. The van der Waals surface area contributed by atoms with Gasteiger partial charge >= 0.3 is 6.18 Å². The van der Waals surface area contributed by atoms with Gasteiger partial charge in [0.25, 0.3) is 0 Å². The van der Waals surface area contributed by atoms with Crippen LogP contribution < -0.4 is 15.0 Å². The number of anilines is 1. The summed E-state index contributed by atoms with van der Waals surface area (Å²) in [5, 5.41) is 3.36. The van der Waals surface area contributed by atoms with Crippen LogP contribution in [0, 0.1) is 0 Å². The maximum Gasteiger partial charge on any atom is 0.417 e. The van der Waals surface area contributed by atoms with Crippen molar-refractivity contribution in [3.05, 3.63) is 53.7 Å². The van der Waals surface area contributed by atoms with E-state index in [0.717, 1.165) is 63.6 Å². The third-order valence-electron chi connectivity index (χ3n) is 5.68. The van der Waals surface area contributed by atoms with E-state index < -0.39 is 11.7 Å². The van der Waals surface area contributed by atoms with Gasteiger partial charge in [-0.1, -0.05) is 12.1 Å². The van der Waals surface area contributed by atoms with Crippen molar-refractivity contribution in [2.45, 2.75) is 31.7 Å². The van der Waals surface area contributed by atoms with Gasteiger partial charge in [0.1, 0.15) is 17.7 Å². The second-order valence-corrected chi connectivity index (χ2v) is 7.88. The molecule has 5 nitrogen and oxygen atoms in total. The highest BCUT2D eigenvalue weighted by molar-refractivity contribution is 5.40. The molecule has 0 aliphatic carbocycles. The molecule has 2 aliphatic heterocycles. The first-order valence-corrected chi connectivity index (χ1v) is 10.4. The number of ether oxygens (including phenoxy) is 1. The van der Waals surface area contributed by atoms with Gasteiger partial charge in [-0.3, -0.25) is 4.90 Å². The monoisotopic (exact) mass is 420 g/mol. The van der Waals surface area contributed by atoms with Crippen LogP contribution in [0.4, 0.5) is 19.0 Å². The Hall–Kier alpha value is -2.32. The summed E-state index contributed by atoms with van der Waals surface area (Å²) >= 11 is 0. The molecule has 162 valence electrons. The van der Waals surface area contributed by atoms with E-state index in [9.17, 15) is 13.2 Å². The number of aromatic nitrogens is 1.